The summed E-state index contributed by atoms with van der Waals surface area (Å²) in [6.45, 7) is 10.4. The largest absolute Gasteiger partial charge is 0.369 e. The average Bonchev–Trinajstić information content (AvgIpc) is 2.62. The highest BCUT2D eigenvalue weighted by molar-refractivity contribution is 5.95. The molecule has 1 unspecified atom stereocenters. The first kappa shape index (κ1) is 22.5. The van der Waals surface area contributed by atoms with Gasteiger partial charge in [0.1, 0.15) is 11.6 Å². The summed E-state index contributed by atoms with van der Waals surface area (Å²) in [7, 11) is 0. The van der Waals surface area contributed by atoms with Crippen molar-refractivity contribution in [2.24, 2.45) is 11.1 Å². The number of carbonyl (C=O) groups excluding carboxylic acids is 2. The van der Waals surface area contributed by atoms with Crippen molar-refractivity contribution < 1.29 is 18.4 Å². The summed E-state index contributed by atoms with van der Waals surface area (Å²) < 4.78 is 28.5. The molecule has 0 bridgehead atoms. The molecule has 29 heavy (non-hydrogen) atoms. The molecule has 0 aliphatic heterocycles. The van der Waals surface area contributed by atoms with Crippen LogP contribution in [0.3, 0.4) is 0 Å². The van der Waals surface area contributed by atoms with Crippen molar-refractivity contribution in [2.45, 2.75) is 52.9 Å². The molecule has 2 aromatic carbocycles. The zero-order valence-electron chi connectivity index (χ0n) is 17.7. The number of carbonyl (C=O) groups is 2. The highest BCUT2D eigenvalue weighted by Crippen LogP contribution is 2.35. The summed E-state index contributed by atoms with van der Waals surface area (Å²) >= 11 is 0. The van der Waals surface area contributed by atoms with Crippen molar-refractivity contribution >= 4 is 17.5 Å². The molecule has 0 saturated heterocycles. The molecule has 3 N–H and O–H groups in total. The minimum atomic E-state index is -0.835. The van der Waals surface area contributed by atoms with Crippen LogP contribution in [0.2, 0.25) is 0 Å². The Morgan fingerprint density at radius 3 is 2.03 bits per heavy atom. The Kier molecular flexibility index (Phi) is 6.16. The van der Waals surface area contributed by atoms with E-state index in [9.17, 15) is 18.4 Å². The van der Waals surface area contributed by atoms with Gasteiger partial charge in [0.15, 0.2) is 0 Å². The number of hydrogen-bond acceptors (Lipinski definition) is 2. The summed E-state index contributed by atoms with van der Waals surface area (Å²) in [5.41, 5.74) is 5.73. The lowest BCUT2D eigenvalue weighted by Gasteiger charge is -2.24. The smallest absolute Gasteiger partial charge is 0.229 e. The van der Waals surface area contributed by atoms with Gasteiger partial charge >= 0.3 is 0 Å². The highest BCUT2D eigenvalue weighted by atomic mass is 19.1. The van der Waals surface area contributed by atoms with Gasteiger partial charge in [-0.15, -0.1) is 0 Å². The lowest BCUT2D eigenvalue weighted by molar-refractivity contribution is -0.123. The second-order valence-corrected chi connectivity index (χ2v) is 8.89. The molecule has 0 heterocycles. The lowest BCUT2D eigenvalue weighted by atomic mass is 9.82. The lowest BCUT2D eigenvalue weighted by Crippen LogP contribution is -2.35. The monoisotopic (exact) mass is 402 g/mol. The Hall–Kier alpha value is -2.76. The van der Waals surface area contributed by atoms with Crippen LogP contribution in [0.1, 0.15) is 64.2 Å². The van der Waals surface area contributed by atoms with Gasteiger partial charge in [-0.05, 0) is 36.6 Å². The first-order valence-corrected chi connectivity index (χ1v) is 9.46. The Balaban J connectivity index is 2.46. The van der Waals surface area contributed by atoms with Crippen molar-refractivity contribution in [3.05, 3.63) is 64.7 Å². The van der Waals surface area contributed by atoms with Gasteiger partial charge in [0, 0.05) is 17.4 Å². The molecule has 1 atom stereocenters. The van der Waals surface area contributed by atoms with Gasteiger partial charge in [0.2, 0.25) is 11.8 Å². The molecule has 4 nitrogen and oxygen atoms in total. The van der Waals surface area contributed by atoms with Crippen LogP contribution in [0.15, 0.2) is 36.4 Å². The van der Waals surface area contributed by atoms with Crippen LogP contribution in [-0.2, 0) is 15.0 Å². The van der Waals surface area contributed by atoms with Crippen molar-refractivity contribution in [1.82, 2.24) is 0 Å². The number of rotatable bonds is 5. The second-order valence-electron chi connectivity index (χ2n) is 8.89. The molecular formula is C23H28F2N2O2. The van der Waals surface area contributed by atoms with E-state index in [1.165, 1.54) is 6.07 Å². The quantitative estimate of drug-likeness (QED) is 0.749. The Bertz CT molecular complexity index is 929. The number of anilines is 1. The summed E-state index contributed by atoms with van der Waals surface area (Å²) in [5, 5.41) is 2.61. The zero-order valence-corrected chi connectivity index (χ0v) is 17.7. The molecule has 2 amide bonds. The number of nitrogens with two attached hydrogens (primary N) is 1. The zero-order chi connectivity index (χ0) is 22.1. The maximum atomic E-state index is 14.5. The van der Waals surface area contributed by atoms with Gasteiger partial charge in [-0.1, -0.05) is 52.0 Å². The van der Waals surface area contributed by atoms with E-state index in [-0.39, 0.29) is 11.6 Å². The minimum absolute atomic E-state index is 0.0274. The van der Waals surface area contributed by atoms with E-state index in [0.29, 0.717) is 5.56 Å². The number of halogens is 2. The SMILES string of the molecule is CC(c1ccc(C(C)(C)C(N)=O)cc1)c1cc(F)cc(F)c1NC(=O)C(C)(C)C. The molecule has 2 aromatic rings. The Morgan fingerprint density at radius 2 is 1.55 bits per heavy atom. The molecule has 0 radical (unpaired) electrons. The summed E-state index contributed by atoms with van der Waals surface area (Å²) in [4.78, 5) is 24.0. The number of primary amides is 1. The van der Waals surface area contributed by atoms with Gasteiger partial charge in [0.05, 0.1) is 11.1 Å². The third-order valence-corrected chi connectivity index (χ3v) is 5.22. The van der Waals surface area contributed by atoms with Gasteiger partial charge in [-0.2, -0.15) is 0 Å². The fourth-order valence-corrected chi connectivity index (χ4v) is 2.88. The summed E-state index contributed by atoms with van der Waals surface area (Å²) in [6.07, 6.45) is 0. The topological polar surface area (TPSA) is 72.2 Å². The standard InChI is InChI=1S/C23H28F2N2O2/c1-13(14-7-9-15(10-8-14)23(5,6)20(26)28)17-11-16(24)12-18(25)19(17)27-21(29)22(2,3)4/h7-13H,1-6H3,(H2,26,28)(H,27,29). The van der Waals surface area contributed by atoms with Gasteiger partial charge < -0.3 is 11.1 Å². The predicted octanol–water partition coefficient (Wildman–Crippen LogP) is 4.86. The summed E-state index contributed by atoms with van der Waals surface area (Å²) in [5.74, 6) is -2.76. The third-order valence-electron chi connectivity index (χ3n) is 5.22. The first-order valence-electron chi connectivity index (χ1n) is 9.46. The molecule has 0 aliphatic rings. The van der Waals surface area contributed by atoms with Crippen molar-refractivity contribution in [2.75, 3.05) is 5.32 Å². The fourth-order valence-electron chi connectivity index (χ4n) is 2.88. The van der Waals surface area contributed by atoms with Crippen LogP contribution in [-0.4, -0.2) is 11.8 Å². The number of amides is 2. The Labute approximate surface area is 170 Å². The molecule has 156 valence electrons. The molecule has 0 spiro atoms. The van der Waals surface area contributed by atoms with Crippen LogP contribution in [0.5, 0.6) is 0 Å². The van der Waals surface area contributed by atoms with Crippen LogP contribution in [0, 0.1) is 17.0 Å². The van der Waals surface area contributed by atoms with E-state index in [0.717, 1.165) is 17.2 Å². The van der Waals surface area contributed by atoms with Gasteiger partial charge in [-0.3, -0.25) is 9.59 Å². The molecule has 0 fully saturated rings. The van der Waals surface area contributed by atoms with Gasteiger partial charge in [-0.25, -0.2) is 8.78 Å². The first-order chi connectivity index (χ1) is 13.2. The van der Waals surface area contributed by atoms with E-state index in [1.54, 1.807) is 65.8 Å². The fraction of sp³-hybridized carbons (Fsp3) is 0.391. The maximum Gasteiger partial charge on any atom is 0.229 e. The second kappa shape index (κ2) is 7.93. The highest BCUT2D eigenvalue weighted by Gasteiger charge is 2.28. The third kappa shape index (κ3) is 4.81. The van der Waals surface area contributed by atoms with E-state index in [1.807, 2.05) is 0 Å². The molecule has 0 saturated carbocycles. The molecule has 2 rings (SSSR count). The van der Waals surface area contributed by atoms with E-state index >= 15 is 0 Å². The van der Waals surface area contributed by atoms with Crippen LogP contribution < -0.4 is 11.1 Å². The predicted molar refractivity (Wildman–Crippen MR) is 111 cm³/mol. The van der Waals surface area contributed by atoms with E-state index < -0.39 is 34.3 Å². The normalized spacial score (nSPS) is 13.1. The van der Waals surface area contributed by atoms with Gasteiger partial charge in [0.25, 0.3) is 0 Å². The van der Waals surface area contributed by atoms with Crippen LogP contribution >= 0.6 is 0 Å². The molecule has 0 aromatic heterocycles. The molecule has 6 heteroatoms. The minimum Gasteiger partial charge on any atom is -0.369 e. The summed E-state index contributed by atoms with van der Waals surface area (Å²) in [6, 6.07) is 9.13. The van der Waals surface area contributed by atoms with E-state index in [4.69, 9.17) is 5.73 Å². The van der Waals surface area contributed by atoms with Crippen molar-refractivity contribution in [1.29, 1.82) is 0 Å². The molecular weight excluding hydrogens is 374 g/mol. The molecule has 0 aliphatic carbocycles. The van der Waals surface area contributed by atoms with Crippen molar-refractivity contribution in [3.63, 3.8) is 0 Å². The number of nitrogens with one attached hydrogen (secondary N) is 1. The average molecular weight is 402 g/mol. The number of hydrogen-bond donors (Lipinski definition) is 2. The Morgan fingerprint density at radius 1 is 1.00 bits per heavy atom. The van der Waals surface area contributed by atoms with E-state index in [2.05, 4.69) is 5.32 Å². The van der Waals surface area contributed by atoms with Crippen LogP contribution in [0.4, 0.5) is 14.5 Å². The van der Waals surface area contributed by atoms with Crippen molar-refractivity contribution in [3.8, 4) is 0 Å². The number of benzene rings is 2. The van der Waals surface area contributed by atoms with Crippen LogP contribution in [0.25, 0.3) is 0 Å². The maximum absolute atomic E-state index is 14.5.